The fourth-order valence-electron chi connectivity index (χ4n) is 3.06. The number of carbonyl (C=O) groups excluding carboxylic acids is 1. The Kier molecular flexibility index (Phi) is 7.25. The molecule has 0 aliphatic carbocycles. The highest BCUT2D eigenvalue weighted by Crippen LogP contribution is 2.20. The molecule has 0 spiro atoms. The number of thioether (sulfide) groups is 1. The molecule has 0 saturated carbocycles. The summed E-state index contributed by atoms with van der Waals surface area (Å²) in [5, 5.41) is 12.2. The number of hydrogen-bond donors (Lipinski definition) is 1. The highest BCUT2D eigenvalue weighted by molar-refractivity contribution is 7.99. The lowest BCUT2D eigenvalue weighted by Crippen LogP contribution is -2.29. The molecule has 6 heteroatoms. The van der Waals surface area contributed by atoms with Gasteiger partial charge in [-0.15, -0.1) is 10.2 Å². The van der Waals surface area contributed by atoms with E-state index in [1.807, 2.05) is 47.9 Å². The zero-order valence-electron chi connectivity index (χ0n) is 16.3. The van der Waals surface area contributed by atoms with E-state index in [-0.39, 0.29) is 5.91 Å². The normalized spacial score (nSPS) is 11.9. The fraction of sp³-hybridized carbons (Fsp3) is 0.318. The van der Waals surface area contributed by atoms with Gasteiger partial charge in [-0.1, -0.05) is 79.3 Å². The largest absolute Gasteiger partial charge is 0.355 e. The van der Waals surface area contributed by atoms with Crippen molar-refractivity contribution in [3.8, 4) is 0 Å². The first-order valence-corrected chi connectivity index (χ1v) is 10.5. The van der Waals surface area contributed by atoms with Crippen LogP contribution in [0.25, 0.3) is 0 Å². The van der Waals surface area contributed by atoms with Gasteiger partial charge in [0.1, 0.15) is 5.82 Å². The summed E-state index contributed by atoms with van der Waals surface area (Å²) in [5.74, 6) is 1.53. The molecule has 3 rings (SSSR count). The highest BCUT2D eigenvalue weighted by Gasteiger charge is 2.14. The summed E-state index contributed by atoms with van der Waals surface area (Å²) in [6.07, 6.45) is 0.988. The van der Waals surface area contributed by atoms with Crippen molar-refractivity contribution in [3.05, 3.63) is 77.6 Å². The van der Waals surface area contributed by atoms with Crippen molar-refractivity contribution in [1.82, 2.24) is 20.1 Å². The minimum Gasteiger partial charge on any atom is -0.355 e. The van der Waals surface area contributed by atoms with E-state index < -0.39 is 0 Å². The minimum atomic E-state index is 0.0197. The van der Waals surface area contributed by atoms with Crippen LogP contribution in [-0.2, 0) is 11.3 Å². The number of hydrogen-bond acceptors (Lipinski definition) is 4. The fourth-order valence-corrected chi connectivity index (χ4v) is 3.87. The Morgan fingerprint density at radius 3 is 2.43 bits per heavy atom. The van der Waals surface area contributed by atoms with Crippen LogP contribution in [0.4, 0.5) is 0 Å². The van der Waals surface area contributed by atoms with Crippen molar-refractivity contribution in [2.45, 2.75) is 37.9 Å². The third kappa shape index (κ3) is 5.45. The molecule has 1 unspecified atom stereocenters. The molecule has 1 heterocycles. The Morgan fingerprint density at radius 1 is 1.07 bits per heavy atom. The Bertz CT molecular complexity index is 880. The molecule has 0 aliphatic rings. The van der Waals surface area contributed by atoms with Crippen LogP contribution in [-0.4, -0.2) is 33.0 Å². The summed E-state index contributed by atoms with van der Waals surface area (Å²) in [5.41, 5.74) is 2.45. The first kappa shape index (κ1) is 20.1. The van der Waals surface area contributed by atoms with Crippen molar-refractivity contribution in [3.63, 3.8) is 0 Å². The molecule has 1 amide bonds. The SMILES string of the molecule is CCC(CNC(=O)CSc1nnc(C)n1Cc1ccccc1)c1ccccc1. The molecule has 1 N–H and O–H groups in total. The molecule has 0 aliphatic heterocycles. The zero-order valence-corrected chi connectivity index (χ0v) is 17.2. The van der Waals surface area contributed by atoms with E-state index in [9.17, 15) is 4.79 Å². The molecule has 1 aromatic heterocycles. The van der Waals surface area contributed by atoms with Gasteiger partial charge < -0.3 is 9.88 Å². The Labute approximate surface area is 170 Å². The van der Waals surface area contributed by atoms with Crippen molar-refractivity contribution in [2.75, 3.05) is 12.3 Å². The topological polar surface area (TPSA) is 59.8 Å². The van der Waals surface area contributed by atoms with E-state index in [0.29, 0.717) is 24.8 Å². The van der Waals surface area contributed by atoms with Gasteiger partial charge in [0, 0.05) is 12.5 Å². The Balaban J connectivity index is 1.53. The highest BCUT2D eigenvalue weighted by atomic mass is 32.2. The number of amides is 1. The van der Waals surface area contributed by atoms with Gasteiger partial charge in [-0.05, 0) is 24.5 Å². The lowest BCUT2D eigenvalue weighted by atomic mass is 9.96. The quantitative estimate of drug-likeness (QED) is 0.557. The lowest BCUT2D eigenvalue weighted by Gasteiger charge is -2.16. The second-order valence-electron chi connectivity index (χ2n) is 6.71. The molecule has 0 radical (unpaired) electrons. The van der Waals surface area contributed by atoms with Crippen LogP contribution in [0.15, 0.2) is 65.8 Å². The van der Waals surface area contributed by atoms with Crippen LogP contribution in [0.3, 0.4) is 0 Å². The Morgan fingerprint density at radius 2 is 1.75 bits per heavy atom. The summed E-state index contributed by atoms with van der Waals surface area (Å²) in [7, 11) is 0. The summed E-state index contributed by atoms with van der Waals surface area (Å²) in [6, 6.07) is 20.5. The van der Waals surface area contributed by atoms with Crippen molar-refractivity contribution < 1.29 is 4.79 Å². The van der Waals surface area contributed by atoms with Crippen molar-refractivity contribution in [2.24, 2.45) is 0 Å². The number of aromatic nitrogens is 3. The number of nitrogens with zero attached hydrogens (tertiary/aromatic N) is 3. The lowest BCUT2D eigenvalue weighted by molar-refractivity contribution is -0.118. The van der Waals surface area contributed by atoms with E-state index in [1.54, 1.807) is 0 Å². The van der Waals surface area contributed by atoms with Gasteiger partial charge in [0.2, 0.25) is 5.91 Å². The van der Waals surface area contributed by atoms with Gasteiger partial charge in [-0.25, -0.2) is 0 Å². The molecule has 0 saturated heterocycles. The summed E-state index contributed by atoms with van der Waals surface area (Å²) in [6.45, 7) is 5.43. The predicted octanol–water partition coefficient (Wildman–Crippen LogP) is 4.04. The average Bonchev–Trinajstić information content (AvgIpc) is 3.08. The third-order valence-electron chi connectivity index (χ3n) is 4.73. The summed E-state index contributed by atoms with van der Waals surface area (Å²) in [4.78, 5) is 12.4. The predicted molar refractivity (Wildman–Crippen MR) is 114 cm³/mol. The standard InChI is InChI=1S/C22H26N4OS/c1-3-19(20-12-8-5-9-13-20)14-23-21(27)16-28-22-25-24-17(2)26(22)15-18-10-6-4-7-11-18/h4-13,19H,3,14-16H2,1-2H3,(H,23,27). The number of nitrogens with one attached hydrogen (secondary N) is 1. The van der Waals surface area contributed by atoms with E-state index in [1.165, 1.54) is 22.9 Å². The van der Waals surface area contributed by atoms with Crippen LogP contribution in [0.2, 0.25) is 0 Å². The van der Waals surface area contributed by atoms with Gasteiger partial charge in [0.05, 0.1) is 12.3 Å². The molecule has 0 fully saturated rings. The molecule has 146 valence electrons. The second kappa shape index (κ2) is 10.1. The van der Waals surface area contributed by atoms with Crippen LogP contribution in [0.5, 0.6) is 0 Å². The van der Waals surface area contributed by atoms with Crippen molar-refractivity contribution in [1.29, 1.82) is 0 Å². The van der Waals surface area contributed by atoms with Gasteiger partial charge in [-0.2, -0.15) is 0 Å². The van der Waals surface area contributed by atoms with Crippen LogP contribution < -0.4 is 5.32 Å². The summed E-state index contributed by atoms with van der Waals surface area (Å²) >= 11 is 1.43. The van der Waals surface area contributed by atoms with E-state index in [2.05, 4.69) is 46.7 Å². The maximum Gasteiger partial charge on any atom is 0.230 e. The maximum absolute atomic E-state index is 12.4. The number of carbonyl (C=O) groups is 1. The van der Waals surface area contributed by atoms with Gasteiger partial charge >= 0.3 is 0 Å². The minimum absolute atomic E-state index is 0.0197. The van der Waals surface area contributed by atoms with Crippen LogP contribution in [0.1, 0.15) is 36.2 Å². The third-order valence-corrected chi connectivity index (χ3v) is 5.69. The molecule has 2 aromatic carbocycles. The maximum atomic E-state index is 12.4. The summed E-state index contributed by atoms with van der Waals surface area (Å²) < 4.78 is 2.05. The zero-order chi connectivity index (χ0) is 19.8. The number of benzene rings is 2. The van der Waals surface area contributed by atoms with Gasteiger partial charge in [-0.3, -0.25) is 4.79 Å². The van der Waals surface area contributed by atoms with E-state index in [0.717, 1.165) is 17.4 Å². The molecule has 3 aromatic rings. The number of aryl methyl sites for hydroxylation is 1. The van der Waals surface area contributed by atoms with E-state index >= 15 is 0 Å². The molecule has 1 atom stereocenters. The molecule has 5 nitrogen and oxygen atoms in total. The van der Waals surface area contributed by atoms with E-state index in [4.69, 9.17) is 0 Å². The van der Waals surface area contributed by atoms with Crippen LogP contribution in [0, 0.1) is 6.92 Å². The van der Waals surface area contributed by atoms with Crippen molar-refractivity contribution >= 4 is 17.7 Å². The molecular weight excluding hydrogens is 368 g/mol. The average molecular weight is 395 g/mol. The van der Waals surface area contributed by atoms with Gasteiger partial charge in [0.25, 0.3) is 0 Å². The first-order chi connectivity index (χ1) is 13.7. The molecular formula is C22H26N4OS. The van der Waals surface area contributed by atoms with Gasteiger partial charge in [0.15, 0.2) is 5.16 Å². The van der Waals surface area contributed by atoms with Crippen LogP contribution >= 0.6 is 11.8 Å². The smallest absolute Gasteiger partial charge is 0.230 e. The molecule has 0 bridgehead atoms. The number of rotatable bonds is 9. The first-order valence-electron chi connectivity index (χ1n) is 9.55. The molecule has 28 heavy (non-hydrogen) atoms. The second-order valence-corrected chi connectivity index (χ2v) is 7.65. The monoisotopic (exact) mass is 394 g/mol. The Hall–Kier alpha value is -2.60.